The number of oxime groups is 1. The molecule has 0 radical (unpaired) electrons. The van der Waals surface area contributed by atoms with E-state index in [4.69, 9.17) is 9.57 Å². The molecule has 2 rings (SSSR count). The highest BCUT2D eigenvalue weighted by Crippen LogP contribution is 2.19. The Bertz CT molecular complexity index is 710. The summed E-state index contributed by atoms with van der Waals surface area (Å²) < 4.78 is 5.86. The van der Waals surface area contributed by atoms with Crippen LogP contribution in [0.25, 0.3) is 0 Å². The van der Waals surface area contributed by atoms with Gasteiger partial charge in [0.2, 0.25) is 0 Å². The molecule has 0 aliphatic carbocycles. The first-order valence-electron chi connectivity index (χ1n) is 6.94. The van der Waals surface area contributed by atoms with Crippen LogP contribution in [0.15, 0.2) is 47.6 Å². The van der Waals surface area contributed by atoms with Gasteiger partial charge < -0.3 is 9.57 Å². The number of ether oxygens (including phenoxy) is 1. The lowest BCUT2D eigenvalue weighted by Crippen LogP contribution is -2.06. The minimum absolute atomic E-state index is 0.238. The van der Waals surface area contributed by atoms with Crippen molar-refractivity contribution in [2.45, 2.75) is 20.5 Å². The number of benzene rings is 2. The van der Waals surface area contributed by atoms with Gasteiger partial charge >= 0.3 is 0 Å². The fraction of sp³-hybridized carbons (Fsp3) is 0.222. The maximum atomic E-state index is 9.19. The van der Waals surface area contributed by atoms with Crippen LogP contribution in [0.5, 0.6) is 5.75 Å². The highest BCUT2D eigenvalue weighted by atomic mass is 16.6. The minimum Gasteiger partial charge on any atom is -0.489 e. The summed E-state index contributed by atoms with van der Waals surface area (Å²) >= 11 is 0. The monoisotopic (exact) mass is 294 g/mol. The first kappa shape index (κ1) is 15.6. The van der Waals surface area contributed by atoms with Crippen molar-refractivity contribution in [1.29, 1.82) is 5.26 Å². The van der Waals surface area contributed by atoms with Crippen molar-refractivity contribution in [3.05, 3.63) is 64.7 Å². The van der Waals surface area contributed by atoms with E-state index in [9.17, 15) is 5.26 Å². The van der Waals surface area contributed by atoms with Crippen LogP contribution in [0.4, 0.5) is 0 Å². The molecule has 0 saturated carbocycles. The molecule has 0 aliphatic rings. The van der Waals surface area contributed by atoms with Gasteiger partial charge in [0.1, 0.15) is 25.5 Å². The number of aryl methyl sites for hydroxylation is 2. The van der Waals surface area contributed by atoms with E-state index in [1.165, 1.54) is 7.11 Å². The minimum atomic E-state index is 0.238. The molecule has 0 aromatic heterocycles. The van der Waals surface area contributed by atoms with Crippen molar-refractivity contribution in [3.63, 3.8) is 0 Å². The zero-order chi connectivity index (χ0) is 15.9. The lowest BCUT2D eigenvalue weighted by Gasteiger charge is -2.11. The molecule has 0 N–H and O–H groups in total. The van der Waals surface area contributed by atoms with Crippen LogP contribution < -0.4 is 4.74 Å². The molecule has 0 heterocycles. The molecule has 0 aliphatic heterocycles. The number of rotatable bonds is 5. The third-order valence-corrected chi connectivity index (χ3v) is 3.15. The molecule has 0 bridgehead atoms. The van der Waals surface area contributed by atoms with E-state index in [1.54, 1.807) is 0 Å². The Labute approximate surface area is 130 Å². The Morgan fingerprint density at radius 1 is 1.14 bits per heavy atom. The van der Waals surface area contributed by atoms with E-state index in [-0.39, 0.29) is 5.71 Å². The molecule has 4 heteroatoms. The third-order valence-electron chi connectivity index (χ3n) is 3.15. The topological polar surface area (TPSA) is 54.6 Å². The quantitative estimate of drug-likeness (QED) is 0.623. The smallest absolute Gasteiger partial charge is 0.187 e. The summed E-state index contributed by atoms with van der Waals surface area (Å²) in [6.07, 6.45) is 0. The highest BCUT2D eigenvalue weighted by Gasteiger charge is 2.10. The Kier molecular flexibility index (Phi) is 5.16. The van der Waals surface area contributed by atoms with Crippen LogP contribution in [-0.2, 0) is 11.4 Å². The zero-order valence-corrected chi connectivity index (χ0v) is 13.0. The van der Waals surface area contributed by atoms with E-state index < -0.39 is 0 Å². The number of hydrogen-bond acceptors (Lipinski definition) is 4. The Hall–Kier alpha value is -2.80. The van der Waals surface area contributed by atoms with Gasteiger partial charge in [-0.25, -0.2) is 0 Å². The van der Waals surface area contributed by atoms with Gasteiger partial charge in [0.05, 0.1) is 0 Å². The fourth-order valence-corrected chi connectivity index (χ4v) is 2.28. The molecule has 0 spiro atoms. The normalized spacial score (nSPS) is 10.9. The highest BCUT2D eigenvalue weighted by molar-refractivity contribution is 6.12. The van der Waals surface area contributed by atoms with Gasteiger partial charge in [-0.1, -0.05) is 35.5 Å². The summed E-state index contributed by atoms with van der Waals surface area (Å²) in [4.78, 5) is 4.72. The van der Waals surface area contributed by atoms with E-state index >= 15 is 0 Å². The molecule has 0 saturated heterocycles. The second-order valence-corrected chi connectivity index (χ2v) is 5.00. The Balaban J connectivity index is 2.23. The maximum absolute atomic E-state index is 9.19. The molecule has 0 unspecified atom stereocenters. The standard InChI is InChI=1S/C18H18N2O2/c1-13-8-14(2)10-16(9-13)22-12-15-6-4-5-7-17(15)18(11-19)20-21-3/h4-10H,12H2,1-3H3. The average molecular weight is 294 g/mol. The van der Waals surface area contributed by atoms with Crippen molar-refractivity contribution >= 4 is 5.71 Å². The first-order chi connectivity index (χ1) is 10.6. The summed E-state index contributed by atoms with van der Waals surface area (Å²) in [5, 5.41) is 12.9. The molecule has 4 nitrogen and oxygen atoms in total. The lowest BCUT2D eigenvalue weighted by molar-refractivity contribution is 0.214. The van der Waals surface area contributed by atoms with Crippen LogP contribution in [0, 0.1) is 25.2 Å². The van der Waals surface area contributed by atoms with Gasteiger partial charge in [0.15, 0.2) is 5.71 Å². The van der Waals surface area contributed by atoms with Crippen molar-refractivity contribution in [1.82, 2.24) is 0 Å². The summed E-state index contributed by atoms with van der Waals surface area (Å²) in [6, 6.07) is 15.6. The Morgan fingerprint density at radius 3 is 2.45 bits per heavy atom. The van der Waals surface area contributed by atoms with E-state index in [0.29, 0.717) is 6.61 Å². The SMILES string of the molecule is CON=C(C#N)c1ccccc1COc1cc(C)cc(C)c1. The van der Waals surface area contributed by atoms with Crippen molar-refractivity contribution < 1.29 is 9.57 Å². The van der Waals surface area contributed by atoms with E-state index in [0.717, 1.165) is 28.0 Å². The van der Waals surface area contributed by atoms with Crippen LogP contribution in [0.2, 0.25) is 0 Å². The van der Waals surface area contributed by atoms with Gasteiger partial charge in [-0.3, -0.25) is 0 Å². The summed E-state index contributed by atoms with van der Waals surface area (Å²) in [5.41, 5.74) is 4.15. The van der Waals surface area contributed by atoms with Crippen molar-refractivity contribution in [2.75, 3.05) is 7.11 Å². The molecule has 22 heavy (non-hydrogen) atoms. The molecule has 0 atom stereocenters. The first-order valence-corrected chi connectivity index (χ1v) is 6.94. The van der Waals surface area contributed by atoms with Crippen LogP contribution in [0.1, 0.15) is 22.3 Å². The van der Waals surface area contributed by atoms with Gasteiger partial charge in [0.25, 0.3) is 0 Å². The molecule has 2 aromatic carbocycles. The van der Waals surface area contributed by atoms with Gasteiger partial charge in [-0.2, -0.15) is 5.26 Å². The lowest BCUT2D eigenvalue weighted by atomic mass is 10.0. The second-order valence-electron chi connectivity index (χ2n) is 5.00. The van der Waals surface area contributed by atoms with E-state index in [2.05, 4.69) is 11.2 Å². The molecular formula is C18H18N2O2. The number of nitriles is 1. The molecule has 112 valence electrons. The predicted octanol–water partition coefficient (Wildman–Crippen LogP) is 3.76. The Morgan fingerprint density at radius 2 is 1.82 bits per heavy atom. The van der Waals surface area contributed by atoms with Crippen molar-refractivity contribution in [3.8, 4) is 11.8 Å². The number of nitrogens with zero attached hydrogens (tertiary/aromatic N) is 2. The molecule has 2 aromatic rings. The van der Waals surface area contributed by atoms with E-state index in [1.807, 2.05) is 56.3 Å². The van der Waals surface area contributed by atoms with Crippen molar-refractivity contribution in [2.24, 2.45) is 5.16 Å². The average Bonchev–Trinajstić information content (AvgIpc) is 2.50. The predicted molar refractivity (Wildman–Crippen MR) is 85.8 cm³/mol. The summed E-state index contributed by atoms with van der Waals surface area (Å²) in [6.45, 7) is 4.43. The van der Waals surface area contributed by atoms with Crippen LogP contribution >= 0.6 is 0 Å². The van der Waals surface area contributed by atoms with Crippen LogP contribution in [0.3, 0.4) is 0 Å². The molecule has 0 fully saturated rings. The third kappa shape index (κ3) is 3.86. The molecule has 0 amide bonds. The number of hydrogen-bond donors (Lipinski definition) is 0. The molecular weight excluding hydrogens is 276 g/mol. The van der Waals surface area contributed by atoms with Gasteiger partial charge in [-0.05, 0) is 42.7 Å². The maximum Gasteiger partial charge on any atom is 0.187 e. The largest absolute Gasteiger partial charge is 0.489 e. The van der Waals surface area contributed by atoms with Crippen LogP contribution in [-0.4, -0.2) is 12.8 Å². The zero-order valence-electron chi connectivity index (χ0n) is 13.0. The van der Waals surface area contributed by atoms with Gasteiger partial charge in [-0.15, -0.1) is 0 Å². The van der Waals surface area contributed by atoms with Gasteiger partial charge in [0, 0.05) is 5.56 Å². The summed E-state index contributed by atoms with van der Waals surface area (Å²) in [5.74, 6) is 0.814. The fourth-order valence-electron chi connectivity index (χ4n) is 2.28. The summed E-state index contributed by atoms with van der Waals surface area (Å²) in [7, 11) is 1.42. The second kappa shape index (κ2) is 7.28.